The maximum absolute atomic E-state index is 12.4. The molecule has 0 unspecified atom stereocenters. The highest BCUT2D eigenvalue weighted by Gasteiger charge is 2.13. The zero-order valence-corrected chi connectivity index (χ0v) is 17.9. The first-order valence-electron chi connectivity index (χ1n) is 9.21. The highest BCUT2D eigenvalue weighted by Crippen LogP contribution is 2.23. The molecule has 29 heavy (non-hydrogen) atoms. The zero-order chi connectivity index (χ0) is 20.5. The van der Waals surface area contributed by atoms with E-state index in [0.29, 0.717) is 5.58 Å². The minimum atomic E-state index is -0.388. The van der Waals surface area contributed by atoms with Crippen LogP contribution in [0.3, 0.4) is 0 Å². The molecule has 0 spiro atoms. The number of hydrazone groups is 1. The normalized spacial score (nSPS) is 11.4. The average molecular weight is 450 g/mol. The van der Waals surface area contributed by atoms with Gasteiger partial charge in [0.25, 0.3) is 0 Å². The zero-order valence-electron chi connectivity index (χ0n) is 16.4. The Hall–Kier alpha value is -3.12. The first kappa shape index (κ1) is 19.2. The number of rotatable bonds is 4. The van der Waals surface area contributed by atoms with Crippen LogP contribution < -0.4 is 5.43 Å². The van der Waals surface area contributed by atoms with Crippen LogP contribution >= 0.6 is 15.9 Å². The van der Waals surface area contributed by atoms with Crippen LogP contribution in [0.25, 0.3) is 16.7 Å². The summed E-state index contributed by atoms with van der Waals surface area (Å²) in [5.74, 6) is -0.165. The number of nitrogens with zero attached hydrogens (tertiary/aromatic N) is 2. The number of nitrogens with one attached hydrogen (secondary N) is 1. The van der Waals surface area contributed by atoms with Gasteiger partial charge < -0.3 is 8.98 Å². The number of carbonyl (C=O) groups excluding carboxylic acids is 1. The van der Waals surface area contributed by atoms with E-state index in [4.69, 9.17) is 4.42 Å². The summed E-state index contributed by atoms with van der Waals surface area (Å²) >= 11 is 3.41. The molecule has 1 N–H and O–H groups in total. The summed E-state index contributed by atoms with van der Waals surface area (Å²) in [6, 6.07) is 17.7. The quantitative estimate of drug-likeness (QED) is 0.322. The van der Waals surface area contributed by atoms with E-state index in [1.165, 1.54) is 5.56 Å². The maximum Gasteiger partial charge on any atom is 0.307 e. The van der Waals surface area contributed by atoms with Crippen LogP contribution in [0.15, 0.2) is 68.6 Å². The summed E-state index contributed by atoms with van der Waals surface area (Å²) in [7, 11) is 0. The third kappa shape index (κ3) is 3.89. The van der Waals surface area contributed by atoms with Gasteiger partial charge in [0, 0.05) is 32.5 Å². The highest BCUT2D eigenvalue weighted by molar-refractivity contribution is 9.10. The van der Waals surface area contributed by atoms with E-state index in [0.717, 1.165) is 32.5 Å². The lowest BCUT2D eigenvalue weighted by Gasteiger charge is -2.10. The molecule has 0 aliphatic carbocycles. The fourth-order valence-electron chi connectivity index (χ4n) is 3.42. The molecule has 5 nitrogen and oxygen atoms in total. The monoisotopic (exact) mass is 449 g/mol. The average Bonchev–Trinajstić information content (AvgIpc) is 3.22. The van der Waals surface area contributed by atoms with E-state index in [2.05, 4.69) is 63.1 Å². The first-order valence-corrected chi connectivity index (χ1v) is 10.00. The highest BCUT2D eigenvalue weighted by atomic mass is 79.9. The molecule has 4 rings (SSSR count). The van der Waals surface area contributed by atoms with Crippen molar-refractivity contribution in [3.05, 3.63) is 87.3 Å². The van der Waals surface area contributed by atoms with Gasteiger partial charge in [0.05, 0.1) is 6.21 Å². The Morgan fingerprint density at radius 2 is 1.93 bits per heavy atom. The molecule has 4 aromatic rings. The van der Waals surface area contributed by atoms with Crippen molar-refractivity contribution in [2.24, 2.45) is 5.10 Å². The van der Waals surface area contributed by atoms with Crippen molar-refractivity contribution in [3.63, 3.8) is 0 Å². The fraction of sp³-hybridized carbons (Fsp3) is 0.130. The summed E-state index contributed by atoms with van der Waals surface area (Å²) in [6.45, 7) is 6.17. The second kappa shape index (κ2) is 7.72. The second-order valence-electron chi connectivity index (χ2n) is 6.99. The Morgan fingerprint density at radius 1 is 1.10 bits per heavy atom. The maximum atomic E-state index is 12.4. The second-order valence-corrected chi connectivity index (χ2v) is 7.91. The molecule has 146 valence electrons. The largest absolute Gasteiger partial charge is 0.451 e. The molecule has 2 aromatic heterocycles. The van der Waals surface area contributed by atoms with Gasteiger partial charge in [-0.3, -0.25) is 4.79 Å². The lowest BCUT2D eigenvalue weighted by molar-refractivity contribution is 0.0929. The summed E-state index contributed by atoms with van der Waals surface area (Å²) in [5.41, 5.74) is 8.61. The number of benzene rings is 2. The molecule has 0 radical (unpaired) electrons. The molecule has 0 bridgehead atoms. The third-order valence-corrected chi connectivity index (χ3v) is 5.30. The number of hydrogen-bond donors (Lipinski definition) is 1. The first-order chi connectivity index (χ1) is 13.9. The third-order valence-electron chi connectivity index (χ3n) is 4.80. The summed E-state index contributed by atoms with van der Waals surface area (Å²) < 4.78 is 8.70. The standard InChI is InChI=1S/C23H20BrN3O2/c1-14-5-4-6-20(9-14)27-15(2)10-18(16(27)3)13-25-26-23(28)22-12-17-11-19(24)7-8-21(17)29-22/h4-13H,1-3H3,(H,26,28)/b25-13+. The fourth-order valence-corrected chi connectivity index (χ4v) is 3.80. The number of carbonyl (C=O) groups is 1. The molecule has 0 saturated heterocycles. The Bertz CT molecular complexity index is 1250. The molecular formula is C23H20BrN3O2. The van der Waals surface area contributed by atoms with Crippen molar-refractivity contribution in [2.45, 2.75) is 20.8 Å². The van der Waals surface area contributed by atoms with Crippen molar-refractivity contribution in [3.8, 4) is 5.69 Å². The van der Waals surface area contributed by atoms with E-state index in [1.54, 1.807) is 12.3 Å². The van der Waals surface area contributed by atoms with E-state index in [1.807, 2.05) is 37.3 Å². The number of aryl methyl sites for hydroxylation is 2. The molecule has 6 heteroatoms. The van der Waals surface area contributed by atoms with Gasteiger partial charge in [0.15, 0.2) is 5.76 Å². The number of amides is 1. The molecule has 0 atom stereocenters. The number of furan rings is 1. The Kier molecular flexibility index (Phi) is 5.11. The molecule has 2 aromatic carbocycles. The van der Waals surface area contributed by atoms with Crippen LogP contribution in [-0.2, 0) is 0 Å². The van der Waals surface area contributed by atoms with Crippen molar-refractivity contribution < 1.29 is 9.21 Å². The van der Waals surface area contributed by atoms with Crippen LogP contribution in [0.4, 0.5) is 0 Å². The van der Waals surface area contributed by atoms with Gasteiger partial charge in [-0.2, -0.15) is 5.10 Å². The summed E-state index contributed by atoms with van der Waals surface area (Å²) in [4.78, 5) is 12.4. The van der Waals surface area contributed by atoms with Crippen molar-refractivity contribution in [1.82, 2.24) is 9.99 Å². The van der Waals surface area contributed by atoms with Gasteiger partial charge >= 0.3 is 5.91 Å². The van der Waals surface area contributed by atoms with E-state index < -0.39 is 0 Å². The molecule has 0 aliphatic heterocycles. The SMILES string of the molecule is Cc1cccc(-n2c(C)cc(/C=N/NC(=O)c3cc4cc(Br)ccc4o3)c2C)c1. The lowest BCUT2D eigenvalue weighted by Crippen LogP contribution is -2.16. The van der Waals surface area contributed by atoms with Gasteiger partial charge in [-0.05, 0) is 68.8 Å². The molecule has 0 aliphatic rings. The Morgan fingerprint density at radius 3 is 2.72 bits per heavy atom. The Balaban J connectivity index is 1.53. The van der Waals surface area contributed by atoms with Gasteiger partial charge in [-0.1, -0.05) is 28.1 Å². The lowest BCUT2D eigenvalue weighted by atomic mass is 10.2. The number of aromatic nitrogens is 1. The predicted molar refractivity (Wildman–Crippen MR) is 119 cm³/mol. The summed E-state index contributed by atoms with van der Waals surface area (Å²) in [6.07, 6.45) is 1.66. The minimum absolute atomic E-state index is 0.223. The molecule has 1 amide bonds. The number of halogens is 1. The summed E-state index contributed by atoms with van der Waals surface area (Å²) in [5, 5.41) is 4.98. The number of hydrogen-bond acceptors (Lipinski definition) is 3. The smallest absolute Gasteiger partial charge is 0.307 e. The predicted octanol–water partition coefficient (Wildman–Crippen LogP) is 5.68. The van der Waals surface area contributed by atoms with Crippen LogP contribution in [0.2, 0.25) is 0 Å². The van der Waals surface area contributed by atoms with Gasteiger partial charge in [0.1, 0.15) is 5.58 Å². The topological polar surface area (TPSA) is 59.5 Å². The van der Waals surface area contributed by atoms with Gasteiger partial charge in [-0.25, -0.2) is 5.43 Å². The molecule has 2 heterocycles. The van der Waals surface area contributed by atoms with Gasteiger partial charge in [0.2, 0.25) is 0 Å². The van der Waals surface area contributed by atoms with Crippen molar-refractivity contribution in [1.29, 1.82) is 0 Å². The van der Waals surface area contributed by atoms with Crippen LogP contribution in [0, 0.1) is 20.8 Å². The van der Waals surface area contributed by atoms with E-state index >= 15 is 0 Å². The van der Waals surface area contributed by atoms with Crippen molar-refractivity contribution in [2.75, 3.05) is 0 Å². The van der Waals surface area contributed by atoms with Crippen molar-refractivity contribution >= 4 is 39.0 Å². The number of fused-ring (bicyclic) bond motifs is 1. The van der Waals surface area contributed by atoms with Crippen LogP contribution in [0.5, 0.6) is 0 Å². The van der Waals surface area contributed by atoms with Crippen LogP contribution in [0.1, 0.15) is 33.1 Å². The Labute approximate surface area is 177 Å². The molecule has 0 fully saturated rings. The van der Waals surface area contributed by atoms with E-state index in [9.17, 15) is 4.79 Å². The van der Waals surface area contributed by atoms with E-state index in [-0.39, 0.29) is 11.7 Å². The van der Waals surface area contributed by atoms with Crippen LogP contribution in [-0.4, -0.2) is 16.7 Å². The molecule has 0 saturated carbocycles. The molecular weight excluding hydrogens is 430 g/mol. The minimum Gasteiger partial charge on any atom is -0.451 e. The van der Waals surface area contributed by atoms with Gasteiger partial charge in [-0.15, -0.1) is 0 Å².